The Morgan fingerprint density at radius 2 is 1.76 bits per heavy atom. The zero-order chi connectivity index (χ0) is 21.6. The molecule has 0 saturated carbocycles. The van der Waals surface area contributed by atoms with Gasteiger partial charge in [-0.3, -0.25) is 4.31 Å². The molecule has 1 fully saturated rings. The molecular formula is C17H17ClN2O7S2. The Morgan fingerprint density at radius 3 is 2.28 bits per heavy atom. The first-order valence-corrected chi connectivity index (χ1v) is 11.9. The molecule has 4 N–H and O–H groups in total. The number of nitrogen functional groups attached to an aromatic ring is 1. The topological polar surface area (TPSA) is 155 Å². The molecule has 0 radical (unpaired) electrons. The van der Waals surface area contributed by atoms with Crippen LogP contribution < -0.4 is 10.0 Å². The summed E-state index contributed by atoms with van der Waals surface area (Å²) in [4.78, 5) is 10.8. The van der Waals surface area contributed by atoms with Crippen LogP contribution in [0.5, 0.6) is 0 Å². The van der Waals surface area contributed by atoms with Gasteiger partial charge in [-0.25, -0.2) is 21.6 Å². The van der Waals surface area contributed by atoms with Crippen molar-refractivity contribution in [2.45, 2.75) is 17.0 Å². The Kier molecular flexibility index (Phi) is 5.52. The van der Waals surface area contributed by atoms with Gasteiger partial charge in [0.05, 0.1) is 39.9 Å². The Balaban J connectivity index is 2.22. The van der Waals surface area contributed by atoms with E-state index < -0.39 is 54.4 Å². The van der Waals surface area contributed by atoms with Crippen LogP contribution in [-0.2, 0) is 19.9 Å². The highest BCUT2D eigenvalue weighted by Crippen LogP contribution is 2.34. The number of halogens is 1. The van der Waals surface area contributed by atoms with Crippen LogP contribution in [0.3, 0.4) is 0 Å². The maximum absolute atomic E-state index is 13.5. The Bertz CT molecular complexity index is 1160. The van der Waals surface area contributed by atoms with Crippen molar-refractivity contribution in [2.75, 3.05) is 21.5 Å². The molecule has 0 aliphatic carbocycles. The maximum Gasteiger partial charge on any atom is 0.335 e. The van der Waals surface area contributed by atoms with E-state index in [4.69, 9.17) is 17.3 Å². The average molecular weight is 461 g/mol. The molecule has 156 valence electrons. The second-order valence-electron chi connectivity index (χ2n) is 6.55. The van der Waals surface area contributed by atoms with Crippen LogP contribution >= 0.6 is 11.6 Å². The molecule has 2 atom stereocenters. The van der Waals surface area contributed by atoms with Gasteiger partial charge in [0.2, 0.25) is 0 Å². The largest absolute Gasteiger partial charge is 0.478 e. The van der Waals surface area contributed by atoms with Crippen molar-refractivity contribution in [3.05, 3.63) is 53.1 Å². The fourth-order valence-electron chi connectivity index (χ4n) is 3.10. The minimum Gasteiger partial charge on any atom is -0.478 e. The van der Waals surface area contributed by atoms with E-state index >= 15 is 0 Å². The number of aliphatic hydroxyl groups excluding tert-OH is 1. The molecule has 1 aliphatic heterocycles. The number of sulfonamides is 1. The Hall–Kier alpha value is -2.34. The van der Waals surface area contributed by atoms with E-state index in [9.17, 15) is 31.8 Å². The van der Waals surface area contributed by atoms with Crippen LogP contribution in [0.4, 0.5) is 11.4 Å². The number of carboxylic acid groups (broad SMARTS) is 1. The summed E-state index contributed by atoms with van der Waals surface area (Å²) in [5.41, 5.74) is 5.73. The number of aromatic carboxylic acids is 1. The van der Waals surface area contributed by atoms with Gasteiger partial charge in [-0.1, -0.05) is 11.6 Å². The van der Waals surface area contributed by atoms with Gasteiger partial charge in [-0.2, -0.15) is 0 Å². The quantitative estimate of drug-likeness (QED) is 0.557. The van der Waals surface area contributed by atoms with Crippen LogP contribution in [-0.4, -0.2) is 56.7 Å². The molecule has 0 amide bonds. The van der Waals surface area contributed by atoms with Crippen molar-refractivity contribution in [1.29, 1.82) is 0 Å². The van der Waals surface area contributed by atoms with E-state index in [1.165, 1.54) is 24.3 Å². The number of hydrogen-bond acceptors (Lipinski definition) is 7. The van der Waals surface area contributed by atoms with Gasteiger partial charge in [0, 0.05) is 5.69 Å². The summed E-state index contributed by atoms with van der Waals surface area (Å²) in [5, 5.41) is 19.2. The van der Waals surface area contributed by atoms with Crippen molar-refractivity contribution in [1.82, 2.24) is 0 Å². The number of benzene rings is 2. The average Bonchev–Trinajstić information content (AvgIpc) is 2.88. The molecule has 1 heterocycles. The molecule has 9 nitrogen and oxygen atoms in total. The number of sulfone groups is 1. The number of carboxylic acids is 1. The van der Waals surface area contributed by atoms with Crippen LogP contribution in [0.25, 0.3) is 0 Å². The summed E-state index contributed by atoms with van der Waals surface area (Å²) in [6.45, 7) is 0. The van der Waals surface area contributed by atoms with E-state index in [0.29, 0.717) is 5.69 Å². The molecule has 2 aromatic carbocycles. The zero-order valence-corrected chi connectivity index (χ0v) is 17.2. The lowest BCUT2D eigenvalue weighted by molar-refractivity contribution is 0.0696. The highest BCUT2D eigenvalue weighted by Gasteiger charge is 2.45. The molecule has 0 aromatic heterocycles. The first-order chi connectivity index (χ1) is 13.4. The highest BCUT2D eigenvalue weighted by molar-refractivity contribution is 7.93. The molecule has 0 unspecified atom stereocenters. The molecule has 2 aromatic rings. The predicted molar refractivity (Wildman–Crippen MR) is 107 cm³/mol. The predicted octanol–water partition coefficient (Wildman–Crippen LogP) is 0.974. The second-order valence-corrected chi connectivity index (χ2v) is 10.9. The summed E-state index contributed by atoms with van der Waals surface area (Å²) in [6.07, 6.45) is -1.48. The lowest BCUT2D eigenvalue weighted by Gasteiger charge is -2.31. The standard InChI is InChI=1S/C17H17ClN2O7S2/c18-13-6-1-10(17(22)23)7-16(13)29(26,27)20(12-4-2-11(19)3-5-12)14-8-28(24,25)9-15(14)21/h1-7,14-15,21H,8-9,19H2,(H,22,23)/t14-,15-/m1/s1. The zero-order valence-electron chi connectivity index (χ0n) is 14.8. The first kappa shape index (κ1) is 21.4. The second kappa shape index (κ2) is 7.48. The first-order valence-electron chi connectivity index (χ1n) is 8.24. The summed E-state index contributed by atoms with van der Waals surface area (Å²) in [7, 11) is -8.24. The monoisotopic (exact) mass is 460 g/mol. The van der Waals surface area contributed by atoms with Gasteiger partial charge in [-0.15, -0.1) is 0 Å². The number of rotatable bonds is 5. The lowest BCUT2D eigenvalue weighted by Crippen LogP contribution is -2.47. The van der Waals surface area contributed by atoms with E-state index in [-0.39, 0.29) is 16.3 Å². The molecule has 0 spiro atoms. The minimum absolute atomic E-state index is 0.0529. The number of aliphatic hydroxyl groups is 1. The third-order valence-electron chi connectivity index (χ3n) is 4.46. The van der Waals surface area contributed by atoms with E-state index in [1.807, 2.05) is 0 Å². The Morgan fingerprint density at radius 1 is 1.14 bits per heavy atom. The van der Waals surface area contributed by atoms with E-state index in [2.05, 4.69) is 0 Å². The highest BCUT2D eigenvalue weighted by atomic mass is 35.5. The van der Waals surface area contributed by atoms with Crippen LogP contribution in [0.2, 0.25) is 5.02 Å². The number of anilines is 2. The van der Waals surface area contributed by atoms with Crippen molar-refractivity contribution in [3.63, 3.8) is 0 Å². The Labute approximate surface area is 172 Å². The molecule has 3 rings (SSSR count). The smallest absolute Gasteiger partial charge is 0.335 e. The summed E-state index contributed by atoms with van der Waals surface area (Å²) in [5.74, 6) is -2.56. The minimum atomic E-state index is -4.55. The maximum atomic E-state index is 13.5. The number of carbonyl (C=O) groups is 1. The third kappa shape index (κ3) is 4.17. The number of nitrogens with zero attached hydrogens (tertiary/aromatic N) is 1. The lowest BCUT2D eigenvalue weighted by atomic mass is 10.2. The SMILES string of the molecule is Nc1ccc(N([C@@H]2CS(=O)(=O)C[C@H]2O)S(=O)(=O)c2cc(C(=O)O)ccc2Cl)cc1. The van der Waals surface area contributed by atoms with E-state index in [0.717, 1.165) is 22.5 Å². The van der Waals surface area contributed by atoms with Crippen molar-refractivity contribution >= 4 is 48.8 Å². The van der Waals surface area contributed by atoms with Gasteiger partial charge in [0.15, 0.2) is 9.84 Å². The third-order valence-corrected chi connectivity index (χ3v) is 8.49. The molecule has 1 aliphatic rings. The van der Waals surface area contributed by atoms with Crippen LogP contribution in [0, 0.1) is 0 Å². The van der Waals surface area contributed by atoms with Crippen LogP contribution in [0.15, 0.2) is 47.4 Å². The summed E-state index contributed by atoms with van der Waals surface area (Å²) in [6, 6.07) is 7.40. The van der Waals surface area contributed by atoms with Crippen molar-refractivity contribution in [3.8, 4) is 0 Å². The van der Waals surface area contributed by atoms with Gasteiger partial charge >= 0.3 is 5.97 Å². The fraction of sp³-hybridized carbons (Fsp3) is 0.235. The van der Waals surface area contributed by atoms with Gasteiger partial charge in [-0.05, 0) is 42.5 Å². The molecular weight excluding hydrogens is 444 g/mol. The van der Waals surface area contributed by atoms with Crippen molar-refractivity contribution < 1.29 is 31.8 Å². The molecule has 12 heteroatoms. The number of hydrogen-bond donors (Lipinski definition) is 3. The van der Waals surface area contributed by atoms with Gasteiger partial charge < -0.3 is 15.9 Å². The van der Waals surface area contributed by atoms with E-state index in [1.54, 1.807) is 0 Å². The molecule has 1 saturated heterocycles. The summed E-state index contributed by atoms with van der Waals surface area (Å²) < 4.78 is 51.7. The fourth-order valence-corrected chi connectivity index (χ4v) is 7.15. The number of nitrogens with two attached hydrogens (primary N) is 1. The normalized spacial score (nSPS) is 21.0. The van der Waals surface area contributed by atoms with Crippen LogP contribution in [0.1, 0.15) is 10.4 Å². The molecule has 0 bridgehead atoms. The van der Waals surface area contributed by atoms with Crippen molar-refractivity contribution in [2.24, 2.45) is 0 Å². The summed E-state index contributed by atoms with van der Waals surface area (Å²) >= 11 is 6.04. The van der Waals surface area contributed by atoms with Gasteiger partial charge in [0.25, 0.3) is 10.0 Å². The van der Waals surface area contributed by atoms with Gasteiger partial charge in [0.1, 0.15) is 4.90 Å². The molecule has 29 heavy (non-hydrogen) atoms.